The largest absolute Gasteiger partial charge is 0.496 e. The first kappa shape index (κ1) is 17.5. The van der Waals surface area contributed by atoms with Crippen molar-refractivity contribution in [1.82, 2.24) is 4.72 Å². The normalized spacial score (nSPS) is 12.9. The number of hydrogen-bond donors (Lipinski definition) is 2. The first-order valence-corrected chi connectivity index (χ1v) is 8.26. The van der Waals surface area contributed by atoms with E-state index in [2.05, 4.69) is 4.72 Å². The molecule has 1 aromatic carbocycles. The smallest absolute Gasteiger partial charge is 0.303 e. The molecule has 21 heavy (non-hydrogen) atoms. The molecule has 0 radical (unpaired) electrons. The number of aliphatic carboxylic acids is 1. The maximum Gasteiger partial charge on any atom is 0.303 e. The maximum absolute atomic E-state index is 11.9. The quantitative estimate of drug-likeness (QED) is 0.763. The molecule has 1 rings (SSSR count). The third-order valence-corrected chi connectivity index (χ3v) is 4.55. The van der Waals surface area contributed by atoms with Gasteiger partial charge in [0, 0.05) is 18.0 Å². The number of methoxy groups -OCH3 is 1. The van der Waals surface area contributed by atoms with Crippen LogP contribution in [-0.4, -0.2) is 32.4 Å². The summed E-state index contributed by atoms with van der Waals surface area (Å²) in [5.74, 6) is -0.599. The molecule has 0 aliphatic carbocycles. The molecule has 118 valence electrons. The second-order valence-electron chi connectivity index (χ2n) is 4.90. The first-order valence-electron chi connectivity index (χ1n) is 6.61. The summed E-state index contributed by atoms with van der Waals surface area (Å²) >= 11 is 0. The molecule has 0 saturated heterocycles. The standard InChI is InChI=1S/C14H21NO5S/c1-10-6-7-13(20-3)12(9-10)11(2)15-21(18,19)8-4-5-14(16)17/h6-7,9,11,15H,4-5,8H2,1-3H3,(H,16,17). The average molecular weight is 315 g/mol. The Hall–Kier alpha value is -1.60. The van der Waals surface area contributed by atoms with E-state index in [1.165, 1.54) is 7.11 Å². The van der Waals surface area contributed by atoms with Crippen LogP contribution >= 0.6 is 0 Å². The van der Waals surface area contributed by atoms with Crippen LogP contribution in [0.1, 0.15) is 36.9 Å². The zero-order valence-electron chi connectivity index (χ0n) is 12.4. The minimum absolute atomic E-state index is 0.0857. The van der Waals surface area contributed by atoms with Gasteiger partial charge in [0.2, 0.25) is 10.0 Å². The number of nitrogens with one attached hydrogen (secondary N) is 1. The van der Waals surface area contributed by atoms with Crippen LogP contribution in [0.3, 0.4) is 0 Å². The number of hydrogen-bond acceptors (Lipinski definition) is 4. The zero-order chi connectivity index (χ0) is 16.0. The zero-order valence-corrected chi connectivity index (χ0v) is 13.2. The lowest BCUT2D eigenvalue weighted by Gasteiger charge is -2.18. The van der Waals surface area contributed by atoms with Crippen molar-refractivity contribution in [2.45, 2.75) is 32.7 Å². The Kier molecular flexibility index (Phi) is 6.17. The number of carboxylic acids is 1. The first-order chi connectivity index (χ1) is 9.75. The van der Waals surface area contributed by atoms with Crippen LogP contribution in [0.5, 0.6) is 5.75 Å². The molecule has 1 unspecified atom stereocenters. The van der Waals surface area contributed by atoms with E-state index in [4.69, 9.17) is 9.84 Å². The van der Waals surface area contributed by atoms with Crippen molar-refractivity contribution in [2.75, 3.05) is 12.9 Å². The topological polar surface area (TPSA) is 92.7 Å². The number of aryl methyl sites for hydroxylation is 1. The predicted octanol–water partition coefficient (Wildman–Crippen LogP) is 1.85. The summed E-state index contributed by atoms with van der Waals surface area (Å²) in [5, 5.41) is 8.54. The molecule has 0 aliphatic heterocycles. The lowest BCUT2D eigenvalue weighted by molar-refractivity contribution is -0.137. The molecular formula is C14H21NO5S. The SMILES string of the molecule is COc1ccc(C)cc1C(C)NS(=O)(=O)CCCC(=O)O. The van der Waals surface area contributed by atoms with Crippen LogP contribution in [0, 0.1) is 6.92 Å². The van der Waals surface area contributed by atoms with Crippen LogP contribution in [0.25, 0.3) is 0 Å². The predicted molar refractivity (Wildman–Crippen MR) is 79.9 cm³/mol. The second kappa shape index (κ2) is 7.42. The monoisotopic (exact) mass is 315 g/mol. The van der Waals surface area contributed by atoms with Crippen molar-refractivity contribution < 1.29 is 23.1 Å². The third-order valence-electron chi connectivity index (χ3n) is 3.01. The number of carboxylic acid groups (broad SMARTS) is 1. The van der Waals surface area contributed by atoms with E-state index in [0.717, 1.165) is 11.1 Å². The molecule has 1 aromatic rings. The molecule has 0 fully saturated rings. The van der Waals surface area contributed by atoms with Gasteiger partial charge in [0.15, 0.2) is 0 Å². The fourth-order valence-corrected chi connectivity index (χ4v) is 3.31. The van der Waals surface area contributed by atoms with E-state index in [9.17, 15) is 13.2 Å². The van der Waals surface area contributed by atoms with Gasteiger partial charge in [0.05, 0.1) is 12.9 Å². The number of rotatable bonds is 8. The molecule has 0 bridgehead atoms. The lowest BCUT2D eigenvalue weighted by Crippen LogP contribution is -2.29. The van der Waals surface area contributed by atoms with Crippen LogP contribution < -0.4 is 9.46 Å². The fourth-order valence-electron chi connectivity index (χ4n) is 2.00. The van der Waals surface area contributed by atoms with Gasteiger partial charge in [-0.05, 0) is 26.3 Å². The van der Waals surface area contributed by atoms with Crippen LogP contribution in [0.15, 0.2) is 18.2 Å². The van der Waals surface area contributed by atoms with Gasteiger partial charge >= 0.3 is 5.97 Å². The minimum Gasteiger partial charge on any atom is -0.496 e. The van der Waals surface area contributed by atoms with E-state index in [1.54, 1.807) is 13.0 Å². The molecule has 6 nitrogen and oxygen atoms in total. The molecule has 0 aliphatic rings. The van der Waals surface area contributed by atoms with Gasteiger partial charge < -0.3 is 9.84 Å². The lowest BCUT2D eigenvalue weighted by atomic mass is 10.1. The van der Waals surface area contributed by atoms with Gasteiger partial charge in [-0.3, -0.25) is 4.79 Å². The Bertz CT molecular complexity index is 597. The van der Waals surface area contributed by atoms with Crippen LogP contribution in [0.2, 0.25) is 0 Å². The minimum atomic E-state index is -3.53. The number of ether oxygens (including phenoxy) is 1. The highest BCUT2D eigenvalue weighted by Gasteiger charge is 2.19. The molecule has 0 aromatic heterocycles. The van der Waals surface area contributed by atoms with Gasteiger partial charge in [-0.25, -0.2) is 13.1 Å². The van der Waals surface area contributed by atoms with Crippen LogP contribution in [0.4, 0.5) is 0 Å². The highest BCUT2D eigenvalue weighted by atomic mass is 32.2. The van der Waals surface area contributed by atoms with E-state index in [-0.39, 0.29) is 18.6 Å². The van der Waals surface area contributed by atoms with E-state index in [1.807, 2.05) is 19.1 Å². The summed E-state index contributed by atoms with van der Waals surface area (Å²) in [5.41, 5.74) is 1.75. The molecule has 0 spiro atoms. The number of benzene rings is 1. The Balaban J connectivity index is 2.78. The number of sulfonamides is 1. The van der Waals surface area contributed by atoms with E-state index in [0.29, 0.717) is 5.75 Å². The highest BCUT2D eigenvalue weighted by molar-refractivity contribution is 7.89. The van der Waals surface area contributed by atoms with Crippen molar-refractivity contribution in [3.05, 3.63) is 29.3 Å². The Morgan fingerprint density at radius 3 is 2.67 bits per heavy atom. The Morgan fingerprint density at radius 2 is 2.10 bits per heavy atom. The molecule has 7 heteroatoms. The maximum atomic E-state index is 11.9. The van der Waals surface area contributed by atoms with E-state index >= 15 is 0 Å². The molecule has 1 atom stereocenters. The summed E-state index contributed by atoms with van der Waals surface area (Å²) < 4.78 is 31.7. The Labute approximate surface area is 125 Å². The van der Waals surface area contributed by atoms with Crippen molar-refractivity contribution in [2.24, 2.45) is 0 Å². The summed E-state index contributed by atoms with van der Waals surface area (Å²) in [6.45, 7) is 3.64. The highest BCUT2D eigenvalue weighted by Crippen LogP contribution is 2.26. The van der Waals surface area contributed by atoms with E-state index < -0.39 is 22.0 Å². The summed E-state index contributed by atoms with van der Waals surface area (Å²) in [6, 6.07) is 5.09. The summed E-state index contributed by atoms with van der Waals surface area (Å²) in [6.07, 6.45) is -0.0780. The van der Waals surface area contributed by atoms with Crippen molar-refractivity contribution in [3.8, 4) is 5.75 Å². The van der Waals surface area contributed by atoms with Crippen molar-refractivity contribution >= 4 is 16.0 Å². The molecule has 2 N–H and O–H groups in total. The van der Waals surface area contributed by atoms with Crippen LogP contribution in [-0.2, 0) is 14.8 Å². The van der Waals surface area contributed by atoms with Gasteiger partial charge in [0.1, 0.15) is 5.75 Å². The molecular weight excluding hydrogens is 294 g/mol. The number of carbonyl (C=O) groups is 1. The fraction of sp³-hybridized carbons (Fsp3) is 0.500. The van der Waals surface area contributed by atoms with Crippen molar-refractivity contribution in [3.63, 3.8) is 0 Å². The van der Waals surface area contributed by atoms with Gasteiger partial charge in [-0.2, -0.15) is 0 Å². The third kappa shape index (κ3) is 5.73. The molecule has 0 heterocycles. The second-order valence-corrected chi connectivity index (χ2v) is 6.77. The summed E-state index contributed by atoms with van der Waals surface area (Å²) in [7, 11) is -2.00. The molecule has 0 saturated carbocycles. The van der Waals surface area contributed by atoms with Gasteiger partial charge in [-0.15, -0.1) is 0 Å². The van der Waals surface area contributed by atoms with Crippen molar-refractivity contribution in [1.29, 1.82) is 0 Å². The van der Waals surface area contributed by atoms with Gasteiger partial charge in [-0.1, -0.05) is 17.7 Å². The molecule has 0 amide bonds. The average Bonchev–Trinajstić information content (AvgIpc) is 2.37. The summed E-state index contributed by atoms with van der Waals surface area (Å²) in [4.78, 5) is 10.4. The Morgan fingerprint density at radius 1 is 1.43 bits per heavy atom. The van der Waals surface area contributed by atoms with Gasteiger partial charge in [0.25, 0.3) is 0 Å².